The van der Waals surface area contributed by atoms with Crippen LogP contribution in [0.5, 0.6) is 0 Å². The average Bonchev–Trinajstić information content (AvgIpc) is 3.45. The van der Waals surface area contributed by atoms with E-state index in [0.717, 1.165) is 44.9 Å². The fourth-order valence-corrected chi connectivity index (χ4v) is 10.6. The molecule has 19 heteroatoms. The van der Waals surface area contributed by atoms with E-state index in [1.165, 1.54) is 148 Å². The lowest BCUT2D eigenvalue weighted by Crippen LogP contribution is -2.66. The molecule has 19 nitrogen and oxygen atoms in total. The molecule has 79 heavy (non-hydrogen) atoms. The van der Waals surface area contributed by atoms with E-state index in [4.69, 9.17) is 28.4 Å². The highest BCUT2D eigenvalue weighted by atomic mass is 16.8. The fourth-order valence-electron chi connectivity index (χ4n) is 10.6. The van der Waals surface area contributed by atoms with E-state index in [2.05, 4.69) is 31.3 Å². The highest BCUT2D eigenvalue weighted by molar-refractivity contribution is 5.76. The molecule has 0 radical (unpaired) electrons. The number of amides is 1. The van der Waals surface area contributed by atoms with Gasteiger partial charge in [-0.1, -0.05) is 192 Å². The number of carbonyl (C=O) groups is 1. The molecule has 464 valence electrons. The Balaban J connectivity index is 1.47. The van der Waals surface area contributed by atoms with Crippen molar-refractivity contribution < 1.29 is 89.4 Å². The van der Waals surface area contributed by atoms with Gasteiger partial charge in [-0.15, -0.1) is 0 Å². The number of aliphatic hydroxyl groups excluding tert-OH is 11. The summed E-state index contributed by atoms with van der Waals surface area (Å²) in [6.07, 6.45) is 18.7. The van der Waals surface area contributed by atoms with Crippen LogP contribution in [-0.2, 0) is 33.2 Å². The molecule has 17 atom stereocenters. The molecule has 3 aliphatic heterocycles. The number of carbonyl (C=O) groups excluding carboxylic acids is 1. The third-order valence-electron chi connectivity index (χ3n) is 15.7. The molecular formula is C60H111NO18. The molecule has 3 heterocycles. The zero-order valence-corrected chi connectivity index (χ0v) is 48.4. The molecule has 3 rings (SSSR count). The van der Waals surface area contributed by atoms with Gasteiger partial charge in [0.2, 0.25) is 5.91 Å². The van der Waals surface area contributed by atoms with Gasteiger partial charge in [0, 0.05) is 6.42 Å². The standard InChI is InChI=1S/C60H111NO18/c1-3-5-7-9-11-13-15-17-18-19-20-21-22-23-24-26-28-30-32-34-36-38-48(66)61-43(44(65)37-35-33-31-29-27-25-16-14-12-10-8-6-4-2)42-74-58-54(72)51(69)56(46(40-63)76-58)79-60-55(73)52(70)57(47(41-64)77-60)78-59-53(71)50(68)49(67)45(39-62)75-59/h17-18,35,37,43-47,49-60,62-65,67-73H,3-16,19-34,36,38-42H2,1-2H3,(H,61,66)/b18-17-,37-35+/t43-,44+,45?,46?,47?,49-,50-,51+,52+,53?,54?,55?,56+,57-,58+,59-,60-/m0/s1. The first-order valence-electron chi connectivity index (χ1n) is 31.1. The molecular weight excluding hydrogens is 1020 g/mol. The minimum absolute atomic E-state index is 0.244. The molecule has 0 aromatic heterocycles. The van der Waals surface area contributed by atoms with Crippen LogP contribution in [0.15, 0.2) is 24.3 Å². The summed E-state index contributed by atoms with van der Waals surface area (Å²) in [6, 6.07) is -0.970. The van der Waals surface area contributed by atoms with E-state index in [-0.39, 0.29) is 18.9 Å². The largest absolute Gasteiger partial charge is 0.394 e. The fraction of sp³-hybridized carbons (Fsp3) is 0.917. The molecule has 3 aliphatic rings. The van der Waals surface area contributed by atoms with Crippen LogP contribution in [0.1, 0.15) is 219 Å². The summed E-state index contributed by atoms with van der Waals surface area (Å²) >= 11 is 0. The Bertz CT molecular complexity index is 1540. The smallest absolute Gasteiger partial charge is 0.220 e. The summed E-state index contributed by atoms with van der Waals surface area (Å²) in [4.78, 5) is 13.3. The first kappa shape index (κ1) is 71.5. The quantitative estimate of drug-likeness (QED) is 0.0248. The summed E-state index contributed by atoms with van der Waals surface area (Å²) < 4.78 is 34.2. The van der Waals surface area contributed by atoms with Crippen molar-refractivity contribution in [3.63, 3.8) is 0 Å². The summed E-state index contributed by atoms with van der Waals surface area (Å²) in [6.45, 7) is 1.72. The first-order chi connectivity index (χ1) is 38.3. The van der Waals surface area contributed by atoms with Gasteiger partial charge in [-0.3, -0.25) is 4.79 Å². The van der Waals surface area contributed by atoms with Gasteiger partial charge in [0.25, 0.3) is 0 Å². The third-order valence-corrected chi connectivity index (χ3v) is 15.7. The maximum atomic E-state index is 13.3. The number of allylic oxidation sites excluding steroid dienone is 3. The van der Waals surface area contributed by atoms with Crippen molar-refractivity contribution in [2.75, 3.05) is 26.4 Å². The molecule has 0 bridgehead atoms. The molecule has 0 spiro atoms. The number of ether oxygens (including phenoxy) is 6. The molecule has 0 saturated carbocycles. The second-order valence-corrected chi connectivity index (χ2v) is 22.5. The van der Waals surface area contributed by atoms with Gasteiger partial charge >= 0.3 is 0 Å². The topological polar surface area (TPSA) is 307 Å². The van der Waals surface area contributed by atoms with Crippen LogP contribution in [-0.4, -0.2) is 193 Å². The lowest BCUT2D eigenvalue weighted by atomic mass is 9.96. The van der Waals surface area contributed by atoms with E-state index in [1.54, 1.807) is 6.08 Å². The van der Waals surface area contributed by atoms with Crippen molar-refractivity contribution in [3.05, 3.63) is 24.3 Å². The Morgan fingerprint density at radius 3 is 1.23 bits per heavy atom. The predicted octanol–water partition coefficient (Wildman–Crippen LogP) is 5.93. The van der Waals surface area contributed by atoms with Gasteiger partial charge in [0.1, 0.15) is 73.2 Å². The minimum Gasteiger partial charge on any atom is -0.394 e. The average molecular weight is 1130 g/mol. The van der Waals surface area contributed by atoms with Crippen LogP contribution in [0.25, 0.3) is 0 Å². The Kier molecular flexibility index (Phi) is 39.7. The van der Waals surface area contributed by atoms with Crippen LogP contribution in [0, 0.1) is 0 Å². The zero-order valence-electron chi connectivity index (χ0n) is 48.4. The number of nitrogens with one attached hydrogen (secondary N) is 1. The number of rotatable bonds is 46. The lowest BCUT2D eigenvalue weighted by molar-refractivity contribution is -0.379. The highest BCUT2D eigenvalue weighted by Crippen LogP contribution is 2.33. The van der Waals surface area contributed by atoms with Gasteiger partial charge in [0.05, 0.1) is 38.6 Å². The number of aliphatic hydroxyl groups is 11. The van der Waals surface area contributed by atoms with Crippen LogP contribution >= 0.6 is 0 Å². The normalized spacial score (nSPS) is 30.4. The van der Waals surface area contributed by atoms with Crippen molar-refractivity contribution in [2.24, 2.45) is 0 Å². The first-order valence-corrected chi connectivity index (χ1v) is 31.1. The van der Waals surface area contributed by atoms with E-state index >= 15 is 0 Å². The molecule has 12 N–H and O–H groups in total. The molecule has 1 amide bonds. The van der Waals surface area contributed by atoms with Gasteiger partial charge < -0.3 is 89.9 Å². The van der Waals surface area contributed by atoms with Gasteiger partial charge in [-0.2, -0.15) is 0 Å². The Morgan fingerprint density at radius 1 is 0.443 bits per heavy atom. The lowest BCUT2D eigenvalue weighted by Gasteiger charge is -2.48. The molecule has 3 fully saturated rings. The number of unbranched alkanes of at least 4 members (excludes halogenated alkanes) is 28. The van der Waals surface area contributed by atoms with Crippen LogP contribution in [0.4, 0.5) is 0 Å². The Morgan fingerprint density at radius 2 is 0.797 bits per heavy atom. The highest BCUT2D eigenvalue weighted by Gasteiger charge is 2.53. The van der Waals surface area contributed by atoms with Crippen molar-refractivity contribution in [1.29, 1.82) is 0 Å². The number of hydrogen-bond donors (Lipinski definition) is 12. The summed E-state index contributed by atoms with van der Waals surface area (Å²) in [5, 5.41) is 120. The molecule has 0 aromatic rings. The van der Waals surface area contributed by atoms with Gasteiger partial charge in [-0.05, 0) is 44.9 Å². The minimum atomic E-state index is -1.98. The van der Waals surface area contributed by atoms with E-state index in [1.807, 2.05) is 6.08 Å². The maximum absolute atomic E-state index is 13.3. The van der Waals surface area contributed by atoms with Crippen molar-refractivity contribution in [3.8, 4) is 0 Å². The maximum Gasteiger partial charge on any atom is 0.220 e. The summed E-state index contributed by atoms with van der Waals surface area (Å²) in [7, 11) is 0. The SMILES string of the molecule is CCCCCCCC/C=C\CCCCCCCCCCCCCC(=O)N[C@@H](CO[C@@H]1OC(CO)[C@@H](O[C@@H]2OC(CO)[C@H](O[C@@H]3OC(CO)[C@H](O)[C@H](O)C3O)[C@H](O)C2O)[C@H](O)C1O)[C@H](O)/C=C/CCCCCCCCCCCCC. The van der Waals surface area contributed by atoms with E-state index < -0.39 is 124 Å². The Hall–Kier alpha value is -1.73. The van der Waals surface area contributed by atoms with Crippen LogP contribution in [0.2, 0.25) is 0 Å². The zero-order chi connectivity index (χ0) is 57.6. The van der Waals surface area contributed by atoms with Gasteiger partial charge in [-0.25, -0.2) is 0 Å². The monoisotopic (exact) mass is 1130 g/mol. The number of hydrogen-bond acceptors (Lipinski definition) is 18. The predicted molar refractivity (Wildman–Crippen MR) is 300 cm³/mol. The van der Waals surface area contributed by atoms with Crippen LogP contribution in [0.3, 0.4) is 0 Å². The van der Waals surface area contributed by atoms with Crippen LogP contribution < -0.4 is 5.32 Å². The Labute approximate surface area is 473 Å². The van der Waals surface area contributed by atoms with E-state index in [9.17, 15) is 61.0 Å². The molecule has 0 aromatic carbocycles. The summed E-state index contributed by atoms with van der Waals surface area (Å²) in [5.41, 5.74) is 0. The molecule has 6 unspecified atom stereocenters. The van der Waals surface area contributed by atoms with Crippen molar-refractivity contribution in [1.82, 2.24) is 5.32 Å². The van der Waals surface area contributed by atoms with Crippen molar-refractivity contribution >= 4 is 5.91 Å². The summed E-state index contributed by atoms with van der Waals surface area (Å²) in [5.74, 6) is -0.276. The van der Waals surface area contributed by atoms with Gasteiger partial charge in [0.15, 0.2) is 18.9 Å². The molecule has 0 aliphatic carbocycles. The second kappa shape index (κ2) is 43.8. The van der Waals surface area contributed by atoms with Crippen molar-refractivity contribution in [2.45, 2.75) is 324 Å². The molecule has 3 saturated heterocycles. The third kappa shape index (κ3) is 27.7. The van der Waals surface area contributed by atoms with E-state index in [0.29, 0.717) is 6.42 Å². The second-order valence-electron chi connectivity index (χ2n) is 22.5.